The number of nitrogens with zero attached hydrogens (tertiary/aromatic N) is 1. The van der Waals surface area contributed by atoms with Crippen LogP contribution in [0.4, 0.5) is 0 Å². The van der Waals surface area contributed by atoms with Crippen LogP contribution in [0.1, 0.15) is 43.6 Å². The Labute approximate surface area is 168 Å². The third-order valence-electron chi connectivity index (χ3n) is 4.98. The van der Waals surface area contributed by atoms with Gasteiger partial charge >= 0.3 is 0 Å². The number of Topliss-reactive ketones (excluding diaryl/α,β-unsaturated/α-hetero) is 1. The van der Waals surface area contributed by atoms with Crippen LogP contribution in [0.2, 0.25) is 0 Å². The van der Waals surface area contributed by atoms with E-state index in [9.17, 15) is 14.4 Å². The van der Waals surface area contributed by atoms with Crippen molar-refractivity contribution < 1.29 is 19.1 Å². The fourth-order valence-electron chi connectivity index (χ4n) is 3.37. The molecule has 1 heterocycles. The van der Waals surface area contributed by atoms with Gasteiger partial charge in [-0.15, -0.1) is 0 Å². The molecule has 5 heteroatoms. The van der Waals surface area contributed by atoms with Gasteiger partial charge in [-0.2, -0.15) is 0 Å². The lowest BCUT2D eigenvalue weighted by Crippen LogP contribution is -2.42. The molecular weight excluding hydrogens is 366 g/mol. The quantitative estimate of drug-likeness (QED) is 0.473. The molecule has 0 bridgehead atoms. The Balaban J connectivity index is 1.46. The van der Waals surface area contributed by atoms with Crippen molar-refractivity contribution in [2.24, 2.45) is 0 Å². The summed E-state index contributed by atoms with van der Waals surface area (Å²) in [7, 11) is 0. The monoisotopic (exact) mass is 385 g/mol. The molecule has 3 aromatic rings. The van der Waals surface area contributed by atoms with Crippen LogP contribution in [-0.4, -0.2) is 28.5 Å². The van der Waals surface area contributed by atoms with Crippen molar-refractivity contribution in [1.29, 1.82) is 0 Å². The zero-order valence-electron chi connectivity index (χ0n) is 15.9. The molecule has 1 aliphatic heterocycles. The first-order valence-corrected chi connectivity index (χ1v) is 9.34. The van der Waals surface area contributed by atoms with Gasteiger partial charge in [-0.3, -0.25) is 19.3 Å². The van der Waals surface area contributed by atoms with Crippen LogP contribution in [0.15, 0.2) is 78.9 Å². The summed E-state index contributed by atoms with van der Waals surface area (Å²) in [4.78, 5) is 39.1. The molecule has 0 aliphatic carbocycles. The summed E-state index contributed by atoms with van der Waals surface area (Å²) in [5.41, 5.74) is 2.14. The molecule has 0 fully saturated rings. The highest BCUT2D eigenvalue weighted by atomic mass is 16.5. The lowest BCUT2D eigenvalue weighted by atomic mass is 10.0. The van der Waals surface area contributed by atoms with E-state index in [1.54, 1.807) is 55.5 Å². The molecule has 5 nitrogen and oxygen atoms in total. The molecule has 1 atom stereocenters. The van der Waals surface area contributed by atoms with Gasteiger partial charge in [0.2, 0.25) is 0 Å². The number of ketones is 1. The van der Waals surface area contributed by atoms with E-state index in [0.29, 0.717) is 29.0 Å². The molecule has 0 saturated carbocycles. The normalized spacial score (nSPS) is 13.9. The zero-order valence-corrected chi connectivity index (χ0v) is 15.9. The molecule has 29 heavy (non-hydrogen) atoms. The van der Waals surface area contributed by atoms with Crippen LogP contribution in [0, 0.1) is 0 Å². The summed E-state index contributed by atoms with van der Waals surface area (Å²) < 4.78 is 5.73. The largest absolute Gasteiger partial charge is 0.489 e. The molecule has 2 amide bonds. The number of amides is 2. The molecule has 1 aliphatic rings. The minimum absolute atomic E-state index is 0.297. The standard InChI is InChI=1S/C24H19NO4/c1-16(25-23(27)20-9-5-6-10-21(20)24(25)28)22(26)18-11-13-19(14-12-18)29-15-17-7-3-2-4-8-17/h2-14,16H,15H2,1H3. The van der Waals surface area contributed by atoms with Crippen LogP contribution in [-0.2, 0) is 6.61 Å². The molecule has 3 aromatic carbocycles. The van der Waals surface area contributed by atoms with Crippen molar-refractivity contribution in [3.63, 3.8) is 0 Å². The van der Waals surface area contributed by atoms with Gasteiger partial charge in [0.05, 0.1) is 11.1 Å². The Morgan fingerprint density at radius 3 is 1.97 bits per heavy atom. The second-order valence-corrected chi connectivity index (χ2v) is 6.86. The molecule has 0 saturated heterocycles. The van der Waals surface area contributed by atoms with Gasteiger partial charge in [-0.1, -0.05) is 42.5 Å². The van der Waals surface area contributed by atoms with Crippen molar-refractivity contribution in [3.8, 4) is 5.75 Å². The molecule has 0 N–H and O–H groups in total. The molecular formula is C24H19NO4. The maximum Gasteiger partial charge on any atom is 0.262 e. The van der Waals surface area contributed by atoms with Gasteiger partial charge in [0.15, 0.2) is 5.78 Å². The van der Waals surface area contributed by atoms with Gasteiger partial charge in [0.25, 0.3) is 11.8 Å². The second-order valence-electron chi connectivity index (χ2n) is 6.86. The average molecular weight is 385 g/mol. The molecule has 4 rings (SSSR count). The van der Waals surface area contributed by atoms with Crippen LogP contribution in [0.5, 0.6) is 5.75 Å². The summed E-state index contributed by atoms with van der Waals surface area (Å²) in [6.45, 7) is 2.00. The molecule has 144 valence electrons. The smallest absolute Gasteiger partial charge is 0.262 e. The van der Waals surface area contributed by atoms with Crippen molar-refractivity contribution in [3.05, 3.63) is 101 Å². The van der Waals surface area contributed by atoms with E-state index < -0.39 is 17.9 Å². The highest BCUT2D eigenvalue weighted by molar-refractivity contribution is 6.23. The van der Waals surface area contributed by atoms with E-state index in [1.165, 1.54) is 0 Å². The zero-order chi connectivity index (χ0) is 20.4. The number of hydrogen-bond acceptors (Lipinski definition) is 4. The van der Waals surface area contributed by atoms with E-state index >= 15 is 0 Å². The van der Waals surface area contributed by atoms with E-state index in [1.807, 2.05) is 30.3 Å². The van der Waals surface area contributed by atoms with Gasteiger partial charge < -0.3 is 4.74 Å². The van der Waals surface area contributed by atoms with Gasteiger partial charge in [0, 0.05) is 5.56 Å². The van der Waals surface area contributed by atoms with Gasteiger partial charge in [-0.05, 0) is 48.9 Å². The van der Waals surface area contributed by atoms with Crippen LogP contribution >= 0.6 is 0 Å². The second kappa shape index (κ2) is 7.72. The van der Waals surface area contributed by atoms with E-state index in [-0.39, 0.29) is 5.78 Å². The number of ether oxygens (including phenoxy) is 1. The number of imide groups is 1. The van der Waals surface area contributed by atoms with Crippen molar-refractivity contribution in [2.45, 2.75) is 19.6 Å². The van der Waals surface area contributed by atoms with E-state index in [0.717, 1.165) is 10.5 Å². The molecule has 0 aromatic heterocycles. The minimum Gasteiger partial charge on any atom is -0.489 e. The Bertz CT molecular complexity index is 1040. The van der Waals surface area contributed by atoms with Crippen LogP contribution in [0.3, 0.4) is 0 Å². The number of fused-ring (bicyclic) bond motifs is 1. The molecule has 1 unspecified atom stereocenters. The van der Waals surface area contributed by atoms with Crippen LogP contribution < -0.4 is 4.74 Å². The maximum atomic E-state index is 12.9. The van der Waals surface area contributed by atoms with Crippen molar-refractivity contribution in [2.75, 3.05) is 0 Å². The number of hydrogen-bond donors (Lipinski definition) is 0. The first-order chi connectivity index (χ1) is 14.1. The Morgan fingerprint density at radius 1 is 0.828 bits per heavy atom. The van der Waals surface area contributed by atoms with Crippen molar-refractivity contribution in [1.82, 2.24) is 4.90 Å². The number of benzene rings is 3. The first kappa shape index (κ1) is 18.6. The van der Waals surface area contributed by atoms with E-state index in [2.05, 4.69) is 0 Å². The minimum atomic E-state index is -0.890. The van der Waals surface area contributed by atoms with Gasteiger partial charge in [0.1, 0.15) is 18.4 Å². The fourth-order valence-corrected chi connectivity index (χ4v) is 3.37. The van der Waals surface area contributed by atoms with E-state index in [4.69, 9.17) is 4.74 Å². The molecule has 0 radical (unpaired) electrons. The summed E-state index contributed by atoms with van der Waals surface area (Å²) in [6.07, 6.45) is 0. The third kappa shape index (κ3) is 3.55. The Hall–Kier alpha value is -3.73. The fraction of sp³-hybridized carbons (Fsp3) is 0.125. The highest BCUT2D eigenvalue weighted by Crippen LogP contribution is 2.26. The lowest BCUT2D eigenvalue weighted by Gasteiger charge is -2.21. The average Bonchev–Trinajstić information content (AvgIpc) is 3.03. The Kier molecular flexibility index (Phi) is 4.96. The Morgan fingerprint density at radius 2 is 1.38 bits per heavy atom. The predicted molar refractivity (Wildman–Crippen MR) is 108 cm³/mol. The number of carbonyl (C=O) groups excluding carboxylic acids is 3. The predicted octanol–water partition coefficient (Wildman–Crippen LogP) is 4.13. The van der Waals surface area contributed by atoms with Crippen LogP contribution in [0.25, 0.3) is 0 Å². The number of carbonyl (C=O) groups is 3. The topological polar surface area (TPSA) is 63.7 Å². The first-order valence-electron chi connectivity index (χ1n) is 9.34. The maximum absolute atomic E-state index is 12.9. The summed E-state index contributed by atoms with van der Waals surface area (Å²) in [5, 5.41) is 0. The van der Waals surface area contributed by atoms with Crippen molar-refractivity contribution >= 4 is 17.6 Å². The summed E-state index contributed by atoms with van der Waals surface area (Å²) in [6, 6.07) is 22.2. The van der Waals surface area contributed by atoms with Gasteiger partial charge in [-0.25, -0.2) is 0 Å². The molecule has 0 spiro atoms. The summed E-state index contributed by atoms with van der Waals surface area (Å²) in [5.74, 6) is -0.531. The SMILES string of the molecule is CC(C(=O)c1ccc(OCc2ccccc2)cc1)N1C(=O)c2ccccc2C1=O. The third-order valence-corrected chi connectivity index (χ3v) is 4.98. The number of rotatable bonds is 6. The summed E-state index contributed by atoms with van der Waals surface area (Å²) >= 11 is 0. The highest BCUT2D eigenvalue weighted by Gasteiger charge is 2.40. The lowest BCUT2D eigenvalue weighted by molar-refractivity contribution is 0.0555.